The van der Waals surface area contributed by atoms with Crippen LogP contribution in [-0.4, -0.2) is 30.9 Å². The minimum atomic E-state index is -0.422. The molecule has 0 bridgehead atoms. The molecule has 2 amide bonds. The zero-order valence-electron chi connectivity index (χ0n) is 12.7. The Labute approximate surface area is 129 Å². The average molecular weight is 304 g/mol. The molecule has 2 N–H and O–H groups in total. The highest BCUT2D eigenvalue weighted by molar-refractivity contribution is 5.97. The lowest BCUT2D eigenvalue weighted by atomic mass is 10.2. The summed E-state index contributed by atoms with van der Waals surface area (Å²) >= 11 is 0. The van der Waals surface area contributed by atoms with Gasteiger partial charge in [-0.3, -0.25) is 14.4 Å². The van der Waals surface area contributed by atoms with Crippen molar-refractivity contribution < 1.29 is 19.1 Å². The minimum absolute atomic E-state index is 0.0612. The average Bonchev–Trinajstić information content (AvgIpc) is 3.22. The van der Waals surface area contributed by atoms with Crippen LogP contribution in [0.3, 0.4) is 0 Å². The summed E-state index contributed by atoms with van der Waals surface area (Å²) in [5.41, 5.74) is 0.952. The Balaban J connectivity index is 1.84. The molecule has 1 aliphatic carbocycles. The zero-order chi connectivity index (χ0) is 16.1. The van der Waals surface area contributed by atoms with Crippen molar-refractivity contribution in [2.75, 3.05) is 18.5 Å². The van der Waals surface area contributed by atoms with Crippen LogP contribution < -0.4 is 10.6 Å². The lowest BCUT2D eigenvalue weighted by Crippen LogP contribution is -2.24. The molecule has 0 unspecified atom stereocenters. The second-order valence-corrected chi connectivity index (χ2v) is 5.42. The quantitative estimate of drug-likeness (QED) is 0.781. The van der Waals surface area contributed by atoms with Crippen LogP contribution in [-0.2, 0) is 14.3 Å². The lowest BCUT2D eigenvalue weighted by Gasteiger charge is -2.08. The molecule has 1 aliphatic rings. The van der Waals surface area contributed by atoms with Gasteiger partial charge in [-0.05, 0) is 37.5 Å². The molecule has 0 saturated heterocycles. The molecular weight excluding hydrogens is 284 g/mol. The number of ether oxygens (including phenoxy) is 1. The van der Waals surface area contributed by atoms with Gasteiger partial charge >= 0.3 is 5.97 Å². The van der Waals surface area contributed by atoms with E-state index < -0.39 is 5.91 Å². The van der Waals surface area contributed by atoms with Gasteiger partial charge in [-0.25, -0.2) is 0 Å². The van der Waals surface area contributed by atoms with Crippen LogP contribution in [0.5, 0.6) is 0 Å². The Hall–Kier alpha value is -2.37. The second kappa shape index (κ2) is 7.06. The van der Waals surface area contributed by atoms with Crippen molar-refractivity contribution in [2.45, 2.75) is 20.3 Å². The van der Waals surface area contributed by atoms with Crippen LogP contribution in [0.2, 0.25) is 0 Å². The van der Waals surface area contributed by atoms with E-state index in [-0.39, 0.29) is 24.4 Å². The van der Waals surface area contributed by atoms with Crippen LogP contribution >= 0.6 is 0 Å². The third kappa shape index (κ3) is 4.31. The van der Waals surface area contributed by atoms with Crippen molar-refractivity contribution in [1.82, 2.24) is 5.32 Å². The van der Waals surface area contributed by atoms with Gasteiger partial charge in [0.2, 0.25) is 0 Å². The van der Waals surface area contributed by atoms with Gasteiger partial charge < -0.3 is 15.4 Å². The topological polar surface area (TPSA) is 84.5 Å². The number of carbonyl (C=O) groups is 3. The van der Waals surface area contributed by atoms with Crippen LogP contribution in [0.1, 0.15) is 30.6 Å². The zero-order valence-corrected chi connectivity index (χ0v) is 12.7. The Morgan fingerprint density at radius 3 is 2.68 bits per heavy atom. The number of nitrogens with one attached hydrogen (secondary N) is 2. The molecule has 1 fully saturated rings. The van der Waals surface area contributed by atoms with E-state index in [1.807, 2.05) is 13.8 Å². The summed E-state index contributed by atoms with van der Waals surface area (Å²) in [6, 6.07) is 6.59. The van der Waals surface area contributed by atoms with E-state index in [4.69, 9.17) is 4.74 Å². The van der Waals surface area contributed by atoms with Crippen molar-refractivity contribution in [3.05, 3.63) is 29.8 Å². The molecule has 118 valence electrons. The van der Waals surface area contributed by atoms with Crippen molar-refractivity contribution in [3.8, 4) is 0 Å². The second-order valence-electron chi connectivity index (χ2n) is 5.42. The number of carbonyl (C=O) groups excluding carboxylic acids is 3. The fourth-order valence-corrected chi connectivity index (χ4v) is 2.09. The standard InChI is InChI=1S/C16H20N2O4/c1-3-17-15(20)11-5-4-6-12(8-11)18-14(19)9-22-16(21)13-7-10(13)2/h4-6,8,10,13H,3,7,9H2,1-2H3,(H,17,20)(H,18,19)/t10-,13+/m0/s1. The molecule has 2 rings (SSSR count). The molecule has 1 saturated carbocycles. The van der Waals surface area contributed by atoms with E-state index in [0.717, 1.165) is 6.42 Å². The first-order valence-corrected chi connectivity index (χ1v) is 7.36. The lowest BCUT2D eigenvalue weighted by molar-refractivity contribution is -0.148. The molecule has 1 aromatic rings. The summed E-state index contributed by atoms with van der Waals surface area (Å²) < 4.78 is 4.96. The molecular formula is C16H20N2O4. The van der Waals surface area contributed by atoms with Gasteiger partial charge in [0.25, 0.3) is 11.8 Å². The fourth-order valence-electron chi connectivity index (χ4n) is 2.09. The van der Waals surface area contributed by atoms with Gasteiger partial charge in [0.15, 0.2) is 6.61 Å². The Kier molecular flexibility index (Phi) is 5.14. The molecule has 22 heavy (non-hydrogen) atoms. The number of benzene rings is 1. The summed E-state index contributed by atoms with van der Waals surface area (Å²) in [5, 5.41) is 5.29. The summed E-state index contributed by atoms with van der Waals surface area (Å²) in [7, 11) is 0. The normalized spacial score (nSPS) is 19.2. The van der Waals surface area contributed by atoms with E-state index in [2.05, 4.69) is 10.6 Å². The maximum absolute atomic E-state index is 11.8. The predicted molar refractivity (Wildman–Crippen MR) is 81.3 cm³/mol. The van der Waals surface area contributed by atoms with Gasteiger partial charge in [-0.15, -0.1) is 0 Å². The van der Waals surface area contributed by atoms with E-state index in [1.165, 1.54) is 0 Å². The van der Waals surface area contributed by atoms with Gasteiger partial charge in [0.1, 0.15) is 0 Å². The molecule has 0 heterocycles. The molecule has 0 aromatic heterocycles. The van der Waals surface area contributed by atoms with Crippen molar-refractivity contribution >= 4 is 23.5 Å². The van der Waals surface area contributed by atoms with Gasteiger partial charge in [-0.1, -0.05) is 13.0 Å². The van der Waals surface area contributed by atoms with E-state index in [9.17, 15) is 14.4 Å². The number of anilines is 1. The maximum atomic E-state index is 11.8. The van der Waals surface area contributed by atoms with Crippen LogP contribution in [0, 0.1) is 11.8 Å². The van der Waals surface area contributed by atoms with Gasteiger partial charge in [-0.2, -0.15) is 0 Å². The number of esters is 1. The van der Waals surface area contributed by atoms with Crippen molar-refractivity contribution in [1.29, 1.82) is 0 Å². The summed E-state index contributed by atoms with van der Waals surface area (Å²) in [4.78, 5) is 35.0. The smallest absolute Gasteiger partial charge is 0.309 e. The van der Waals surface area contributed by atoms with Crippen LogP contribution in [0.4, 0.5) is 5.69 Å². The SMILES string of the molecule is CCNC(=O)c1cccc(NC(=O)COC(=O)[C@@H]2C[C@@H]2C)c1. The van der Waals surface area contributed by atoms with E-state index in [1.54, 1.807) is 24.3 Å². The van der Waals surface area contributed by atoms with E-state index in [0.29, 0.717) is 23.7 Å². The third-order valence-electron chi connectivity index (χ3n) is 3.50. The van der Waals surface area contributed by atoms with Crippen molar-refractivity contribution in [2.24, 2.45) is 11.8 Å². The van der Waals surface area contributed by atoms with Crippen LogP contribution in [0.25, 0.3) is 0 Å². The molecule has 2 atom stereocenters. The number of hydrogen-bond donors (Lipinski definition) is 2. The predicted octanol–water partition coefficient (Wildman–Crippen LogP) is 1.57. The number of rotatable bonds is 6. The molecule has 0 radical (unpaired) electrons. The molecule has 6 nitrogen and oxygen atoms in total. The molecule has 0 aliphatic heterocycles. The van der Waals surface area contributed by atoms with Gasteiger partial charge in [0, 0.05) is 17.8 Å². The summed E-state index contributed by atoms with van der Waals surface area (Å²) in [6.45, 7) is 4.02. The third-order valence-corrected chi connectivity index (χ3v) is 3.50. The summed E-state index contributed by atoms with van der Waals surface area (Å²) in [6.07, 6.45) is 0.828. The first-order chi connectivity index (χ1) is 10.5. The highest BCUT2D eigenvalue weighted by Crippen LogP contribution is 2.38. The number of amides is 2. The Bertz CT molecular complexity index is 585. The van der Waals surface area contributed by atoms with Crippen molar-refractivity contribution in [3.63, 3.8) is 0 Å². The van der Waals surface area contributed by atoms with Crippen LogP contribution in [0.15, 0.2) is 24.3 Å². The first-order valence-electron chi connectivity index (χ1n) is 7.36. The van der Waals surface area contributed by atoms with Gasteiger partial charge in [0.05, 0.1) is 5.92 Å². The first kappa shape index (κ1) is 16.0. The fraction of sp³-hybridized carbons (Fsp3) is 0.438. The maximum Gasteiger partial charge on any atom is 0.309 e. The number of hydrogen-bond acceptors (Lipinski definition) is 4. The monoisotopic (exact) mass is 304 g/mol. The summed E-state index contributed by atoms with van der Waals surface area (Å²) in [5.74, 6) is -0.653. The molecule has 0 spiro atoms. The largest absolute Gasteiger partial charge is 0.455 e. The van der Waals surface area contributed by atoms with E-state index >= 15 is 0 Å². The highest BCUT2D eigenvalue weighted by Gasteiger charge is 2.40. The highest BCUT2D eigenvalue weighted by atomic mass is 16.5. The molecule has 1 aromatic carbocycles. The Morgan fingerprint density at radius 2 is 2.05 bits per heavy atom. The Morgan fingerprint density at radius 1 is 1.32 bits per heavy atom. The minimum Gasteiger partial charge on any atom is -0.455 e. The molecule has 6 heteroatoms.